The summed E-state index contributed by atoms with van der Waals surface area (Å²) in [4.78, 5) is 31.4. The van der Waals surface area contributed by atoms with E-state index in [-0.39, 0.29) is 18.1 Å². The minimum atomic E-state index is -0.224. The quantitative estimate of drug-likeness (QED) is 0.706. The number of fused-ring (bicyclic) bond motifs is 1. The molecule has 0 unspecified atom stereocenters. The highest BCUT2D eigenvalue weighted by molar-refractivity contribution is 7.20. The molecule has 2 aromatic heterocycles. The van der Waals surface area contributed by atoms with E-state index < -0.39 is 0 Å². The molecule has 2 rings (SSSR count). The van der Waals surface area contributed by atoms with Crippen LogP contribution in [-0.4, -0.2) is 34.1 Å². The maximum atomic E-state index is 12.0. The zero-order chi connectivity index (χ0) is 13.8. The van der Waals surface area contributed by atoms with E-state index in [1.165, 1.54) is 17.7 Å². The summed E-state index contributed by atoms with van der Waals surface area (Å²) in [5.74, 6) is -0.196. The van der Waals surface area contributed by atoms with Crippen LogP contribution in [0.15, 0.2) is 11.1 Å². The van der Waals surface area contributed by atoms with Crippen LogP contribution < -0.4 is 10.9 Å². The van der Waals surface area contributed by atoms with Crippen LogP contribution in [-0.2, 0) is 0 Å². The van der Waals surface area contributed by atoms with Gasteiger partial charge in [-0.1, -0.05) is 0 Å². The van der Waals surface area contributed by atoms with Gasteiger partial charge in [-0.25, -0.2) is 4.98 Å². The van der Waals surface area contributed by atoms with E-state index >= 15 is 0 Å². The summed E-state index contributed by atoms with van der Waals surface area (Å²) in [6, 6.07) is 0. The van der Waals surface area contributed by atoms with Crippen molar-refractivity contribution >= 4 is 27.5 Å². The third-order valence-corrected chi connectivity index (χ3v) is 4.01. The number of aryl methyl sites for hydroxylation is 1. The van der Waals surface area contributed by atoms with Crippen LogP contribution in [0.5, 0.6) is 0 Å². The number of aromatic amines is 1. The van der Waals surface area contributed by atoms with E-state index in [4.69, 9.17) is 5.11 Å². The molecule has 0 aliphatic heterocycles. The Hall–Kier alpha value is -1.73. The third kappa shape index (κ3) is 2.82. The molecular formula is C12H15N3O3S. The molecule has 0 aromatic carbocycles. The zero-order valence-electron chi connectivity index (χ0n) is 10.5. The molecule has 1 amide bonds. The second-order valence-corrected chi connectivity index (χ2v) is 5.15. The fourth-order valence-corrected chi connectivity index (χ4v) is 2.88. The molecule has 0 spiro atoms. The Bertz CT molecular complexity index is 647. The average molecular weight is 281 g/mol. The minimum Gasteiger partial charge on any atom is -0.396 e. The van der Waals surface area contributed by atoms with Gasteiger partial charge in [-0.3, -0.25) is 9.59 Å². The summed E-state index contributed by atoms with van der Waals surface area (Å²) in [6.07, 6.45) is 2.72. The number of rotatable bonds is 5. The van der Waals surface area contributed by atoms with Crippen LogP contribution in [0, 0.1) is 6.92 Å². The summed E-state index contributed by atoms with van der Waals surface area (Å²) >= 11 is 1.22. The van der Waals surface area contributed by atoms with Crippen molar-refractivity contribution in [2.75, 3.05) is 13.2 Å². The number of thiophene rings is 1. The number of nitrogens with one attached hydrogen (secondary N) is 2. The van der Waals surface area contributed by atoms with E-state index in [1.807, 2.05) is 0 Å². The molecule has 0 radical (unpaired) electrons. The van der Waals surface area contributed by atoms with Crippen molar-refractivity contribution in [1.29, 1.82) is 0 Å². The molecule has 2 aromatic rings. The molecule has 0 aliphatic rings. The fraction of sp³-hybridized carbons (Fsp3) is 0.417. The fourth-order valence-electron chi connectivity index (χ4n) is 1.81. The van der Waals surface area contributed by atoms with Crippen LogP contribution in [0.4, 0.5) is 0 Å². The highest BCUT2D eigenvalue weighted by atomic mass is 32.1. The third-order valence-electron chi connectivity index (χ3n) is 2.81. The molecule has 0 bridgehead atoms. The van der Waals surface area contributed by atoms with Gasteiger partial charge in [0, 0.05) is 13.2 Å². The van der Waals surface area contributed by atoms with Crippen molar-refractivity contribution in [1.82, 2.24) is 15.3 Å². The standard InChI is InChI=1S/C12H15N3O3S/c1-7-8-10(17)14-6-15-12(8)19-9(7)11(18)13-4-2-3-5-16/h6,16H,2-5H2,1H3,(H,13,18)(H,14,15,17). The van der Waals surface area contributed by atoms with Crippen LogP contribution in [0.25, 0.3) is 10.2 Å². The maximum absolute atomic E-state index is 12.0. The minimum absolute atomic E-state index is 0.122. The van der Waals surface area contributed by atoms with Crippen molar-refractivity contribution < 1.29 is 9.90 Å². The Labute approximate surface area is 113 Å². The summed E-state index contributed by atoms with van der Waals surface area (Å²) in [5, 5.41) is 11.9. The lowest BCUT2D eigenvalue weighted by Crippen LogP contribution is -2.24. The van der Waals surface area contributed by atoms with Gasteiger partial charge in [-0.2, -0.15) is 0 Å². The number of carbonyl (C=O) groups is 1. The van der Waals surface area contributed by atoms with Crippen LogP contribution in [0.1, 0.15) is 28.1 Å². The molecular weight excluding hydrogens is 266 g/mol. The number of H-pyrrole nitrogens is 1. The van der Waals surface area contributed by atoms with Crippen molar-refractivity contribution in [3.8, 4) is 0 Å². The average Bonchev–Trinajstić information content (AvgIpc) is 2.73. The first kappa shape index (κ1) is 13.7. The predicted octanol–water partition coefficient (Wildman–Crippen LogP) is 0.795. The molecule has 0 saturated carbocycles. The largest absolute Gasteiger partial charge is 0.396 e. The second kappa shape index (κ2) is 5.94. The lowest BCUT2D eigenvalue weighted by Gasteiger charge is -2.03. The molecule has 0 fully saturated rings. The Morgan fingerprint density at radius 1 is 1.53 bits per heavy atom. The number of hydrogen-bond donors (Lipinski definition) is 3. The van der Waals surface area contributed by atoms with Gasteiger partial charge in [0.2, 0.25) is 0 Å². The van der Waals surface area contributed by atoms with Crippen molar-refractivity contribution in [3.05, 3.63) is 27.1 Å². The van der Waals surface area contributed by atoms with Gasteiger partial charge in [-0.05, 0) is 25.3 Å². The number of aliphatic hydroxyl groups is 1. The zero-order valence-corrected chi connectivity index (χ0v) is 11.3. The Morgan fingerprint density at radius 3 is 3.00 bits per heavy atom. The summed E-state index contributed by atoms with van der Waals surface area (Å²) in [7, 11) is 0. The Kier molecular flexibility index (Phi) is 4.28. The monoisotopic (exact) mass is 281 g/mol. The van der Waals surface area contributed by atoms with E-state index in [0.29, 0.717) is 33.6 Å². The molecule has 102 valence electrons. The maximum Gasteiger partial charge on any atom is 0.261 e. The Morgan fingerprint density at radius 2 is 2.32 bits per heavy atom. The molecule has 3 N–H and O–H groups in total. The number of carbonyl (C=O) groups excluding carboxylic acids is 1. The van der Waals surface area contributed by atoms with Gasteiger partial charge < -0.3 is 15.4 Å². The lowest BCUT2D eigenvalue weighted by molar-refractivity contribution is 0.0955. The van der Waals surface area contributed by atoms with Gasteiger partial charge in [-0.15, -0.1) is 11.3 Å². The summed E-state index contributed by atoms with van der Waals surface area (Å²) in [6.45, 7) is 2.38. The summed E-state index contributed by atoms with van der Waals surface area (Å²) in [5.41, 5.74) is 0.437. The normalized spacial score (nSPS) is 10.8. The van der Waals surface area contributed by atoms with Crippen molar-refractivity contribution in [2.24, 2.45) is 0 Å². The highest BCUT2D eigenvalue weighted by Crippen LogP contribution is 2.26. The SMILES string of the molecule is Cc1c(C(=O)NCCCCO)sc2nc[nH]c(=O)c12. The molecule has 2 heterocycles. The topological polar surface area (TPSA) is 95.1 Å². The van der Waals surface area contributed by atoms with Gasteiger partial charge in [0.05, 0.1) is 16.6 Å². The number of aromatic nitrogens is 2. The summed E-state index contributed by atoms with van der Waals surface area (Å²) < 4.78 is 0. The number of unbranched alkanes of at least 4 members (excludes halogenated alkanes) is 1. The van der Waals surface area contributed by atoms with E-state index in [0.717, 1.165) is 6.42 Å². The van der Waals surface area contributed by atoms with E-state index in [2.05, 4.69) is 15.3 Å². The van der Waals surface area contributed by atoms with Crippen LogP contribution in [0.3, 0.4) is 0 Å². The number of nitrogens with zero attached hydrogens (tertiary/aromatic N) is 1. The van der Waals surface area contributed by atoms with Crippen LogP contribution >= 0.6 is 11.3 Å². The molecule has 0 aliphatic carbocycles. The van der Waals surface area contributed by atoms with Crippen LogP contribution in [0.2, 0.25) is 0 Å². The predicted molar refractivity (Wildman–Crippen MR) is 73.6 cm³/mol. The van der Waals surface area contributed by atoms with Crippen molar-refractivity contribution in [2.45, 2.75) is 19.8 Å². The van der Waals surface area contributed by atoms with E-state index in [1.54, 1.807) is 6.92 Å². The van der Waals surface area contributed by atoms with Gasteiger partial charge >= 0.3 is 0 Å². The van der Waals surface area contributed by atoms with Gasteiger partial charge in [0.1, 0.15) is 4.83 Å². The molecule has 7 heteroatoms. The van der Waals surface area contributed by atoms with Gasteiger partial charge in [0.25, 0.3) is 11.5 Å². The number of hydrogen-bond acceptors (Lipinski definition) is 5. The molecule has 0 saturated heterocycles. The van der Waals surface area contributed by atoms with Crippen molar-refractivity contribution in [3.63, 3.8) is 0 Å². The number of aliphatic hydroxyl groups excluding tert-OH is 1. The smallest absolute Gasteiger partial charge is 0.261 e. The molecule has 0 atom stereocenters. The van der Waals surface area contributed by atoms with Gasteiger partial charge in [0.15, 0.2) is 0 Å². The molecule has 19 heavy (non-hydrogen) atoms. The Balaban J connectivity index is 2.21. The van der Waals surface area contributed by atoms with E-state index in [9.17, 15) is 9.59 Å². The first-order valence-electron chi connectivity index (χ1n) is 6.01. The first-order valence-corrected chi connectivity index (χ1v) is 6.82. The number of amides is 1. The first-order chi connectivity index (χ1) is 9.15. The second-order valence-electron chi connectivity index (χ2n) is 4.15. The highest BCUT2D eigenvalue weighted by Gasteiger charge is 2.17. The molecule has 6 nitrogen and oxygen atoms in total. The lowest BCUT2D eigenvalue weighted by atomic mass is 10.2.